The van der Waals surface area contributed by atoms with Crippen molar-refractivity contribution >= 4 is 17.8 Å². The molecule has 0 aliphatic carbocycles. The Hall–Kier alpha value is -3.15. The highest BCUT2D eigenvalue weighted by atomic mass is 16.7. The number of hydrogen-bond donors (Lipinski definition) is 0. The Bertz CT molecular complexity index is 756. The van der Waals surface area contributed by atoms with Crippen LogP contribution in [0.25, 0.3) is 0 Å². The maximum absolute atomic E-state index is 12.2. The van der Waals surface area contributed by atoms with Crippen LogP contribution < -0.4 is 0 Å². The van der Waals surface area contributed by atoms with Crippen LogP contribution in [-0.4, -0.2) is 27.4 Å². The molecule has 0 saturated heterocycles. The highest BCUT2D eigenvalue weighted by Crippen LogP contribution is 2.23. The van der Waals surface area contributed by atoms with Gasteiger partial charge >= 0.3 is 5.97 Å². The first-order valence-electron chi connectivity index (χ1n) is 6.59. The second kappa shape index (κ2) is 5.33. The molecule has 0 unspecified atom stereocenters. The van der Waals surface area contributed by atoms with Crippen molar-refractivity contribution in [2.45, 2.75) is 6.54 Å². The van der Waals surface area contributed by atoms with Crippen molar-refractivity contribution in [1.82, 2.24) is 9.63 Å². The molecule has 2 heterocycles. The summed E-state index contributed by atoms with van der Waals surface area (Å²) in [5.74, 6) is -2.06. The summed E-state index contributed by atoms with van der Waals surface area (Å²) in [6.45, 7) is 4.02. The Morgan fingerprint density at radius 3 is 2.32 bits per heavy atom. The van der Waals surface area contributed by atoms with Crippen LogP contribution in [0.4, 0.5) is 0 Å². The molecule has 1 aliphatic heterocycles. The molecule has 6 nitrogen and oxygen atoms in total. The lowest BCUT2D eigenvalue weighted by Gasteiger charge is -2.13. The number of hydrogen-bond acceptors (Lipinski definition) is 4. The van der Waals surface area contributed by atoms with E-state index >= 15 is 0 Å². The Morgan fingerprint density at radius 2 is 1.73 bits per heavy atom. The summed E-state index contributed by atoms with van der Waals surface area (Å²) in [5, 5.41) is 0.498. The first kappa shape index (κ1) is 13.8. The smallest absolute Gasteiger partial charge is 0.338 e. The van der Waals surface area contributed by atoms with Gasteiger partial charge in [-0.3, -0.25) is 9.59 Å². The summed E-state index contributed by atoms with van der Waals surface area (Å²) in [7, 11) is 0. The van der Waals surface area contributed by atoms with Crippen LogP contribution in [0, 0.1) is 0 Å². The third-order valence-corrected chi connectivity index (χ3v) is 3.30. The zero-order chi connectivity index (χ0) is 15.7. The van der Waals surface area contributed by atoms with Crippen molar-refractivity contribution < 1.29 is 19.2 Å². The first-order valence-corrected chi connectivity index (χ1v) is 6.59. The van der Waals surface area contributed by atoms with Crippen molar-refractivity contribution in [2.75, 3.05) is 0 Å². The van der Waals surface area contributed by atoms with Crippen LogP contribution in [0.3, 0.4) is 0 Å². The fourth-order valence-electron chi connectivity index (χ4n) is 2.28. The molecule has 0 N–H and O–H groups in total. The molecular formula is C16H12N2O4. The normalized spacial score (nSPS) is 13.2. The zero-order valence-electron chi connectivity index (χ0n) is 11.6. The molecule has 2 amide bonds. The van der Waals surface area contributed by atoms with Crippen LogP contribution in [0.1, 0.15) is 31.2 Å². The Balaban J connectivity index is 1.84. The molecule has 6 heteroatoms. The highest BCUT2D eigenvalue weighted by Gasteiger charge is 2.39. The zero-order valence-corrected chi connectivity index (χ0v) is 11.6. The number of rotatable bonds is 4. The Labute approximate surface area is 126 Å². The van der Waals surface area contributed by atoms with Crippen molar-refractivity contribution in [3.05, 3.63) is 72.1 Å². The summed E-state index contributed by atoms with van der Waals surface area (Å²) >= 11 is 0. The van der Waals surface area contributed by atoms with Gasteiger partial charge in [-0.15, -0.1) is 6.58 Å². The molecule has 0 bridgehead atoms. The number of fused-ring (bicyclic) bond motifs is 1. The van der Waals surface area contributed by atoms with Gasteiger partial charge in [0.1, 0.15) is 5.69 Å². The Kier molecular flexibility index (Phi) is 3.34. The third-order valence-electron chi connectivity index (χ3n) is 3.30. The number of hydroxylamine groups is 2. The highest BCUT2D eigenvalue weighted by molar-refractivity contribution is 6.21. The first-order chi connectivity index (χ1) is 10.6. The fraction of sp³-hybridized carbons (Fsp3) is 0.0625. The van der Waals surface area contributed by atoms with Gasteiger partial charge in [0.05, 0.1) is 11.1 Å². The molecule has 0 saturated carbocycles. The summed E-state index contributed by atoms with van der Waals surface area (Å²) < 4.78 is 1.60. The number of allylic oxidation sites excluding steroid dienone is 1. The van der Waals surface area contributed by atoms with E-state index in [2.05, 4.69) is 6.58 Å². The van der Waals surface area contributed by atoms with E-state index in [1.807, 2.05) is 0 Å². The average Bonchev–Trinajstić information content (AvgIpc) is 3.07. The van der Waals surface area contributed by atoms with E-state index in [0.717, 1.165) is 0 Å². The lowest BCUT2D eigenvalue weighted by molar-refractivity contribution is -0.0591. The minimum atomic E-state index is -0.777. The van der Waals surface area contributed by atoms with Gasteiger partial charge in [0.15, 0.2) is 0 Å². The van der Waals surface area contributed by atoms with Crippen LogP contribution in [0.5, 0.6) is 0 Å². The minimum Gasteiger partial charge on any atom is -0.338 e. The van der Waals surface area contributed by atoms with E-state index in [-0.39, 0.29) is 16.8 Å². The van der Waals surface area contributed by atoms with E-state index < -0.39 is 17.8 Å². The second-order valence-electron chi connectivity index (χ2n) is 4.66. The van der Waals surface area contributed by atoms with Gasteiger partial charge in [-0.2, -0.15) is 0 Å². The predicted octanol–water partition coefficient (Wildman–Crippen LogP) is 2.04. The van der Waals surface area contributed by atoms with Crippen LogP contribution in [0.2, 0.25) is 0 Å². The van der Waals surface area contributed by atoms with E-state index in [4.69, 9.17) is 4.84 Å². The van der Waals surface area contributed by atoms with Gasteiger partial charge < -0.3 is 9.40 Å². The lowest BCUT2D eigenvalue weighted by Crippen LogP contribution is -2.33. The van der Waals surface area contributed by atoms with E-state index in [1.54, 1.807) is 41.1 Å². The molecule has 0 spiro atoms. The van der Waals surface area contributed by atoms with Gasteiger partial charge in [0.2, 0.25) is 0 Å². The lowest BCUT2D eigenvalue weighted by atomic mass is 10.1. The van der Waals surface area contributed by atoms with E-state index in [0.29, 0.717) is 11.6 Å². The number of imide groups is 1. The van der Waals surface area contributed by atoms with Gasteiger partial charge in [0, 0.05) is 12.7 Å². The summed E-state index contributed by atoms with van der Waals surface area (Å²) in [4.78, 5) is 41.4. The van der Waals surface area contributed by atoms with Crippen LogP contribution >= 0.6 is 0 Å². The van der Waals surface area contributed by atoms with Gasteiger partial charge in [-0.05, 0) is 24.3 Å². The second-order valence-corrected chi connectivity index (χ2v) is 4.66. The number of benzene rings is 1. The standard InChI is InChI=1S/C16H12N2O4/c1-2-9-17-10-5-8-13(17)16(21)22-18-14(19)11-6-3-4-7-12(11)15(18)20/h2-8,10H,1,9H2. The monoisotopic (exact) mass is 296 g/mol. The largest absolute Gasteiger partial charge is 0.380 e. The summed E-state index contributed by atoms with van der Waals surface area (Å²) in [6, 6.07) is 9.54. The van der Waals surface area contributed by atoms with Crippen molar-refractivity contribution in [3.8, 4) is 0 Å². The maximum Gasteiger partial charge on any atom is 0.380 e. The summed E-state index contributed by atoms with van der Waals surface area (Å²) in [5.41, 5.74) is 0.681. The van der Waals surface area contributed by atoms with Crippen molar-refractivity contribution in [1.29, 1.82) is 0 Å². The van der Waals surface area contributed by atoms with Crippen LogP contribution in [-0.2, 0) is 11.4 Å². The van der Waals surface area contributed by atoms with E-state index in [1.165, 1.54) is 12.1 Å². The molecule has 1 aromatic heterocycles. The molecule has 0 fully saturated rings. The topological polar surface area (TPSA) is 68.6 Å². The predicted molar refractivity (Wildman–Crippen MR) is 77.0 cm³/mol. The molecule has 1 aromatic carbocycles. The van der Waals surface area contributed by atoms with Crippen LogP contribution in [0.15, 0.2) is 55.3 Å². The maximum atomic E-state index is 12.2. The number of amides is 2. The Morgan fingerprint density at radius 1 is 1.09 bits per heavy atom. The molecule has 0 atom stereocenters. The minimum absolute atomic E-state index is 0.224. The molecule has 1 aliphatic rings. The fourth-order valence-corrected chi connectivity index (χ4v) is 2.28. The van der Waals surface area contributed by atoms with Crippen molar-refractivity contribution in [3.63, 3.8) is 0 Å². The number of aromatic nitrogens is 1. The SMILES string of the molecule is C=CCn1cccc1C(=O)ON1C(=O)c2ccccc2C1=O. The molecule has 2 aromatic rings. The van der Waals surface area contributed by atoms with Gasteiger partial charge in [-0.1, -0.05) is 23.3 Å². The molecular weight excluding hydrogens is 284 g/mol. The van der Waals surface area contributed by atoms with Gasteiger partial charge in [-0.25, -0.2) is 4.79 Å². The van der Waals surface area contributed by atoms with Crippen molar-refractivity contribution in [2.24, 2.45) is 0 Å². The van der Waals surface area contributed by atoms with Gasteiger partial charge in [0.25, 0.3) is 11.8 Å². The van der Waals surface area contributed by atoms with E-state index in [9.17, 15) is 14.4 Å². The molecule has 22 heavy (non-hydrogen) atoms. The number of carbonyl (C=O) groups is 3. The quantitative estimate of drug-likeness (QED) is 0.639. The third kappa shape index (κ3) is 2.10. The molecule has 110 valence electrons. The number of nitrogens with zero attached hydrogens (tertiary/aromatic N) is 2. The molecule has 0 radical (unpaired) electrons. The molecule has 3 rings (SSSR count). The average molecular weight is 296 g/mol. The number of carbonyl (C=O) groups excluding carboxylic acids is 3. The summed E-state index contributed by atoms with van der Waals surface area (Å²) in [6.07, 6.45) is 3.30.